The third kappa shape index (κ3) is 3.16. The number of hydrogen-bond acceptors (Lipinski definition) is 5. The first-order chi connectivity index (χ1) is 14.2. The number of nitrogens with one attached hydrogen (secondary N) is 1. The number of ketones is 1. The molecule has 1 aliphatic heterocycles. The molecule has 0 radical (unpaired) electrons. The van der Waals surface area contributed by atoms with Crippen LogP contribution in [-0.2, 0) is 11.2 Å². The van der Waals surface area contributed by atoms with E-state index in [2.05, 4.69) is 15.3 Å². The lowest BCUT2D eigenvalue weighted by atomic mass is 10.0. The van der Waals surface area contributed by atoms with E-state index in [0.717, 1.165) is 28.1 Å². The van der Waals surface area contributed by atoms with Crippen LogP contribution in [0.15, 0.2) is 61.1 Å². The second-order valence-electron chi connectivity index (χ2n) is 7.34. The number of fused-ring (bicyclic) bond motifs is 2. The molecule has 6 heteroatoms. The summed E-state index contributed by atoms with van der Waals surface area (Å²) in [5, 5.41) is 2.98. The van der Waals surface area contributed by atoms with Crippen LogP contribution in [0.1, 0.15) is 33.8 Å². The van der Waals surface area contributed by atoms with Crippen LogP contribution >= 0.6 is 0 Å². The Kier molecular flexibility index (Phi) is 4.31. The SMILES string of the molecule is O=C1CC(C(=O)NCC2Cc3cccc(-c4cnccn4)c3O2)c2ccccc21. The molecular formula is C23H19N3O3. The van der Waals surface area contributed by atoms with Gasteiger partial charge < -0.3 is 10.1 Å². The van der Waals surface area contributed by atoms with Crippen molar-refractivity contribution >= 4 is 11.7 Å². The van der Waals surface area contributed by atoms with E-state index in [1.165, 1.54) is 0 Å². The fourth-order valence-corrected chi connectivity index (χ4v) is 4.12. The highest BCUT2D eigenvalue weighted by molar-refractivity contribution is 6.06. The van der Waals surface area contributed by atoms with Crippen molar-refractivity contribution in [3.8, 4) is 17.0 Å². The van der Waals surface area contributed by atoms with Gasteiger partial charge in [-0.3, -0.25) is 19.6 Å². The molecule has 2 aromatic carbocycles. The monoisotopic (exact) mass is 385 g/mol. The summed E-state index contributed by atoms with van der Waals surface area (Å²) in [5.74, 6) is 0.280. The zero-order chi connectivity index (χ0) is 19.8. The number of para-hydroxylation sites is 1. The van der Waals surface area contributed by atoms with Gasteiger partial charge in [-0.05, 0) is 17.2 Å². The number of benzene rings is 2. The Balaban J connectivity index is 1.27. The summed E-state index contributed by atoms with van der Waals surface area (Å²) in [6.07, 6.45) is 5.79. The Labute approximate surface area is 168 Å². The average Bonchev–Trinajstić information content (AvgIpc) is 3.34. The molecule has 144 valence electrons. The standard InChI is InChI=1S/C23H19N3O3/c27-21-11-19(16-5-1-2-6-17(16)21)23(28)26-12-15-10-14-4-3-7-18(22(14)29-15)20-13-24-8-9-25-20/h1-9,13,15,19H,10-12H2,(H,26,28). The van der Waals surface area contributed by atoms with Crippen molar-refractivity contribution in [1.82, 2.24) is 15.3 Å². The largest absolute Gasteiger partial charge is 0.487 e. The first kappa shape index (κ1) is 17.6. The van der Waals surface area contributed by atoms with Crippen LogP contribution in [-0.4, -0.2) is 34.3 Å². The van der Waals surface area contributed by atoms with E-state index in [1.54, 1.807) is 24.7 Å². The van der Waals surface area contributed by atoms with Crippen molar-refractivity contribution in [3.63, 3.8) is 0 Å². The van der Waals surface area contributed by atoms with E-state index in [0.29, 0.717) is 18.5 Å². The lowest BCUT2D eigenvalue weighted by Crippen LogP contribution is -2.37. The molecule has 2 aliphatic rings. The van der Waals surface area contributed by atoms with Gasteiger partial charge in [-0.15, -0.1) is 0 Å². The maximum atomic E-state index is 12.7. The maximum Gasteiger partial charge on any atom is 0.228 e. The van der Waals surface area contributed by atoms with Gasteiger partial charge in [0.05, 0.1) is 24.4 Å². The van der Waals surface area contributed by atoms with Crippen molar-refractivity contribution in [2.24, 2.45) is 0 Å². The fourth-order valence-electron chi connectivity index (χ4n) is 4.12. The molecule has 2 heterocycles. The molecule has 1 aliphatic carbocycles. The van der Waals surface area contributed by atoms with Crippen LogP contribution in [0.2, 0.25) is 0 Å². The zero-order valence-electron chi connectivity index (χ0n) is 15.7. The summed E-state index contributed by atoms with van der Waals surface area (Å²) >= 11 is 0. The van der Waals surface area contributed by atoms with Gasteiger partial charge in [-0.25, -0.2) is 0 Å². The number of hydrogen-bond donors (Lipinski definition) is 1. The Hall–Kier alpha value is -3.54. The first-order valence-electron chi connectivity index (χ1n) is 9.65. The number of amides is 1. The molecule has 2 atom stereocenters. The Morgan fingerprint density at radius 3 is 2.79 bits per heavy atom. The fraction of sp³-hybridized carbons (Fsp3) is 0.217. The van der Waals surface area contributed by atoms with Crippen molar-refractivity contribution in [3.05, 3.63) is 77.7 Å². The van der Waals surface area contributed by atoms with Gasteiger partial charge in [0, 0.05) is 36.4 Å². The van der Waals surface area contributed by atoms with Gasteiger partial charge in [-0.2, -0.15) is 0 Å². The second-order valence-corrected chi connectivity index (χ2v) is 7.34. The molecule has 0 saturated heterocycles. The highest BCUT2D eigenvalue weighted by Gasteiger charge is 2.34. The number of carbonyl (C=O) groups excluding carboxylic acids is 2. The molecule has 0 fully saturated rings. The van der Waals surface area contributed by atoms with E-state index < -0.39 is 5.92 Å². The van der Waals surface area contributed by atoms with Crippen molar-refractivity contribution in [1.29, 1.82) is 0 Å². The molecule has 1 amide bonds. The van der Waals surface area contributed by atoms with Gasteiger partial charge in [0.15, 0.2) is 5.78 Å². The molecule has 0 spiro atoms. The molecule has 0 saturated carbocycles. The van der Waals surface area contributed by atoms with Crippen LogP contribution in [0, 0.1) is 0 Å². The predicted octanol–water partition coefficient (Wildman–Crippen LogP) is 2.93. The summed E-state index contributed by atoms with van der Waals surface area (Å²) in [5.41, 5.74) is 4.23. The molecule has 6 nitrogen and oxygen atoms in total. The van der Waals surface area contributed by atoms with Gasteiger partial charge in [0.2, 0.25) is 5.91 Å². The third-order valence-corrected chi connectivity index (χ3v) is 5.51. The highest BCUT2D eigenvalue weighted by atomic mass is 16.5. The number of ether oxygens (including phenoxy) is 1. The molecule has 0 bridgehead atoms. The van der Waals surface area contributed by atoms with Crippen molar-refractivity contribution in [2.75, 3.05) is 6.54 Å². The Bertz CT molecular complexity index is 1100. The Morgan fingerprint density at radius 1 is 1.07 bits per heavy atom. The van der Waals surface area contributed by atoms with E-state index >= 15 is 0 Å². The molecule has 29 heavy (non-hydrogen) atoms. The quantitative estimate of drug-likeness (QED) is 0.747. The average molecular weight is 385 g/mol. The van der Waals surface area contributed by atoms with E-state index in [-0.39, 0.29) is 24.2 Å². The number of nitrogens with zero attached hydrogens (tertiary/aromatic N) is 2. The van der Waals surface area contributed by atoms with Crippen molar-refractivity contribution in [2.45, 2.75) is 24.9 Å². The first-order valence-corrected chi connectivity index (χ1v) is 9.65. The minimum atomic E-state index is -0.419. The normalized spacial score (nSPS) is 19.4. The zero-order valence-corrected chi connectivity index (χ0v) is 15.7. The van der Waals surface area contributed by atoms with Gasteiger partial charge in [0.1, 0.15) is 11.9 Å². The summed E-state index contributed by atoms with van der Waals surface area (Å²) in [4.78, 5) is 33.4. The minimum absolute atomic E-state index is 0.0267. The van der Waals surface area contributed by atoms with Crippen LogP contribution in [0.5, 0.6) is 5.75 Å². The summed E-state index contributed by atoms with van der Waals surface area (Å²) < 4.78 is 6.15. The molecule has 2 unspecified atom stereocenters. The summed E-state index contributed by atoms with van der Waals surface area (Å²) in [6.45, 7) is 0.389. The smallest absolute Gasteiger partial charge is 0.228 e. The summed E-state index contributed by atoms with van der Waals surface area (Å²) in [7, 11) is 0. The van der Waals surface area contributed by atoms with Crippen LogP contribution < -0.4 is 10.1 Å². The molecule has 1 aromatic heterocycles. The van der Waals surface area contributed by atoms with E-state index in [9.17, 15) is 9.59 Å². The number of carbonyl (C=O) groups is 2. The second kappa shape index (κ2) is 7.13. The van der Waals surface area contributed by atoms with E-state index in [1.807, 2.05) is 36.4 Å². The molecule has 5 rings (SSSR count). The Morgan fingerprint density at radius 2 is 1.93 bits per heavy atom. The van der Waals surface area contributed by atoms with Gasteiger partial charge in [0.25, 0.3) is 0 Å². The van der Waals surface area contributed by atoms with Crippen LogP contribution in [0.3, 0.4) is 0 Å². The molecule has 3 aromatic rings. The summed E-state index contributed by atoms with van der Waals surface area (Å²) in [6, 6.07) is 13.3. The number of rotatable bonds is 4. The minimum Gasteiger partial charge on any atom is -0.487 e. The molecular weight excluding hydrogens is 366 g/mol. The van der Waals surface area contributed by atoms with Crippen molar-refractivity contribution < 1.29 is 14.3 Å². The van der Waals surface area contributed by atoms with Gasteiger partial charge in [-0.1, -0.05) is 36.4 Å². The number of Topliss-reactive ketones (excluding diaryl/α,β-unsaturated/α-hetero) is 1. The highest BCUT2D eigenvalue weighted by Crippen LogP contribution is 2.38. The molecule has 1 N–H and O–H groups in total. The lowest BCUT2D eigenvalue weighted by molar-refractivity contribution is -0.122. The van der Waals surface area contributed by atoms with E-state index in [4.69, 9.17) is 4.74 Å². The topological polar surface area (TPSA) is 81.2 Å². The third-order valence-electron chi connectivity index (χ3n) is 5.51. The maximum absolute atomic E-state index is 12.7. The van der Waals surface area contributed by atoms with Crippen LogP contribution in [0.4, 0.5) is 0 Å². The number of aromatic nitrogens is 2. The predicted molar refractivity (Wildman–Crippen MR) is 107 cm³/mol. The lowest BCUT2D eigenvalue weighted by Gasteiger charge is -2.16. The van der Waals surface area contributed by atoms with Crippen LogP contribution in [0.25, 0.3) is 11.3 Å². The van der Waals surface area contributed by atoms with Gasteiger partial charge >= 0.3 is 0 Å².